The van der Waals surface area contributed by atoms with Gasteiger partial charge in [0, 0.05) is 33.4 Å². The highest BCUT2D eigenvalue weighted by Gasteiger charge is 2.06. The van der Waals surface area contributed by atoms with Crippen molar-refractivity contribution in [2.45, 2.75) is 39.8 Å². The fraction of sp³-hybridized carbons (Fsp3) is 0.462. The highest BCUT2D eigenvalue weighted by molar-refractivity contribution is 7.12. The van der Waals surface area contributed by atoms with Crippen molar-refractivity contribution in [2.24, 2.45) is 0 Å². The zero-order valence-corrected chi connectivity index (χ0v) is 12.1. The third-order valence-corrected chi connectivity index (χ3v) is 4.53. The Labute approximate surface area is 111 Å². The first-order valence-corrected chi connectivity index (χ1v) is 7.47. The van der Waals surface area contributed by atoms with Gasteiger partial charge in [0.1, 0.15) is 0 Å². The van der Waals surface area contributed by atoms with Crippen molar-refractivity contribution in [2.75, 3.05) is 0 Å². The summed E-state index contributed by atoms with van der Waals surface area (Å²) >= 11 is 3.66. The molecule has 0 saturated carbocycles. The minimum absolute atomic E-state index is 0.510. The highest BCUT2D eigenvalue weighted by atomic mass is 32.1. The van der Waals surface area contributed by atoms with E-state index in [0.29, 0.717) is 6.04 Å². The number of nitrogens with one attached hydrogen (secondary N) is 1. The van der Waals surface area contributed by atoms with Crippen molar-refractivity contribution in [3.63, 3.8) is 0 Å². The van der Waals surface area contributed by atoms with Gasteiger partial charge in [-0.15, -0.1) is 22.7 Å². The quantitative estimate of drug-likeness (QED) is 0.895. The Bertz CT molecular complexity index is 473. The Morgan fingerprint density at radius 3 is 2.65 bits per heavy atom. The van der Waals surface area contributed by atoms with Crippen LogP contribution in [0.25, 0.3) is 0 Å². The molecule has 0 fully saturated rings. The molecular weight excluding hydrogens is 248 g/mol. The molecule has 0 spiro atoms. The number of hydrogen-bond acceptors (Lipinski definition) is 4. The lowest BCUT2D eigenvalue weighted by Crippen LogP contribution is -2.26. The molecule has 0 aliphatic heterocycles. The molecule has 1 N–H and O–H groups in total. The van der Waals surface area contributed by atoms with Crippen LogP contribution in [0.4, 0.5) is 0 Å². The molecule has 2 rings (SSSR count). The fourth-order valence-corrected chi connectivity index (χ4v) is 3.50. The van der Waals surface area contributed by atoms with Crippen LogP contribution in [0.15, 0.2) is 18.3 Å². The number of aryl methyl sites for hydroxylation is 2. The Kier molecular flexibility index (Phi) is 4.31. The van der Waals surface area contributed by atoms with Crippen molar-refractivity contribution < 1.29 is 0 Å². The number of rotatable bonds is 5. The highest BCUT2D eigenvalue weighted by Crippen LogP contribution is 2.17. The summed E-state index contributed by atoms with van der Waals surface area (Å²) in [4.78, 5) is 8.43. The van der Waals surface area contributed by atoms with Crippen LogP contribution in [0.1, 0.15) is 26.6 Å². The normalized spacial score (nSPS) is 12.9. The van der Waals surface area contributed by atoms with Gasteiger partial charge in [-0.2, -0.15) is 0 Å². The number of thiophene rings is 1. The molecule has 0 aromatic carbocycles. The van der Waals surface area contributed by atoms with E-state index in [4.69, 9.17) is 0 Å². The Morgan fingerprint density at radius 1 is 1.24 bits per heavy atom. The van der Waals surface area contributed by atoms with E-state index in [1.165, 1.54) is 14.6 Å². The Balaban J connectivity index is 1.79. The predicted molar refractivity (Wildman–Crippen MR) is 75.9 cm³/mol. The minimum Gasteiger partial charge on any atom is -0.309 e. The van der Waals surface area contributed by atoms with Gasteiger partial charge in [-0.05, 0) is 39.3 Å². The molecule has 0 saturated heterocycles. The van der Waals surface area contributed by atoms with Crippen LogP contribution in [-0.4, -0.2) is 11.0 Å². The predicted octanol–water partition coefficient (Wildman–Crippen LogP) is 3.54. The summed E-state index contributed by atoms with van der Waals surface area (Å²) < 4.78 is 0. The molecular formula is C13H18N2S2. The summed E-state index contributed by atoms with van der Waals surface area (Å²) in [6.45, 7) is 7.37. The van der Waals surface area contributed by atoms with E-state index in [2.05, 4.69) is 36.3 Å². The second-order valence-electron chi connectivity index (χ2n) is 4.34. The number of thiazole rings is 1. The molecule has 2 aromatic heterocycles. The Hall–Kier alpha value is -0.710. The zero-order chi connectivity index (χ0) is 12.3. The molecule has 0 radical (unpaired) electrons. The van der Waals surface area contributed by atoms with Crippen LogP contribution in [0.3, 0.4) is 0 Å². The third-order valence-electron chi connectivity index (χ3n) is 2.60. The maximum Gasteiger partial charge on any atom is 0.0897 e. The number of nitrogens with zero attached hydrogens (tertiary/aromatic N) is 1. The molecule has 1 unspecified atom stereocenters. The number of hydrogen-bond donors (Lipinski definition) is 1. The van der Waals surface area contributed by atoms with Crippen LogP contribution in [0.5, 0.6) is 0 Å². The molecule has 0 aliphatic carbocycles. The number of aromatic nitrogens is 1. The summed E-state index contributed by atoms with van der Waals surface area (Å²) in [6.07, 6.45) is 3.07. The first kappa shape index (κ1) is 12.7. The summed E-state index contributed by atoms with van der Waals surface area (Å²) in [5.74, 6) is 0. The van der Waals surface area contributed by atoms with Crippen molar-refractivity contribution in [1.29, 1.82) is 0 Å². The van der Waals surface area contributed by atoms with E-state index in [-0.39, 0.29) is 0 Å². The minimum atomic E-state index is 0.510. The van der Waals surface area contributed by atoms with Crippen molar-refractivity contribution in [3.05, 3.63) is 38.0 Å². The molecule has 4 heteroatoms. The molecule has 0 amide bonds. The maximum atomic E-state index is 4.26. The first-order valence-electron chi connectivity index (χ1n) is 5.83. The lowest BCUT2D eigenvalue weighted by atomic mass is 10.2. The average molecular weight is 266 g/mol. The van der Waals surface area contributed by atoms with Gasteiger partial charge < -0.3 is 5.32 Å². The molecule has 0 aliphatic rings. The topological polar surface area (TPSA) is 24.9 Å². The van der Waals surface area contributed by atoms with E-state index in [1.54, 1.807) is 11.3 Å². The molecule has 92 valence electrons. The van der Waals surface area contributed by atoms with E-state index >= 15 is 0 Å². The van der Waals surface area contributed by atoms with Crippen molar-refractivity contribution in [3.8, 4) is 0 Å². The smallest absolute Gasteiger partial charge is 0.0897 e. The van der Waals surface area contributed by atoms with Crippen LogP contribution in [0.2, 0.25) is 0 Å². The SMILES string of the molecule is Cc1ccc(CC(C)NCc2cnc(C)s2)s1. The fourth-order valence-electron chi connectivity index (χ4n) is 1.73. The van der Waals surface area contributed by atoms with Gasteiger partial charge >= 0.3 is 0 Å². The Morgan fingerprint density at radius 2 is 2.06 bits per heavy atom. The molecule has 2 nitrogen and oxygen atoms in total. The molecule has 17 heavy (non-hydrogen) atoms. The van der Waals surface area contributed by atoms with Gasteiger partial charge in [0.2, 0.25) is 0 Å². The van der Waals surface area contributed by atoms with Crippen LogP contribution in [-0.2, 0) is 13.0 Å². The third kappa shape index (κ3) is 3.91. The van der Waals surface area contributed by atoms with Crippen molar-refractivity contribution >= 4 is 22.7 Å². The van der Waals surface area contributed by atoms with E-state index < -0.39 is 0 Å². The maximum absolute atomic E-state index is 4.26. The second-order valence-corrected chi connectivity index (χ2v) is 7.04. The van der Waals surface area contributed by atoms with E-state index in [1.807, 2.05) is 24.5 Å². The van der Waals surface area contributed by atoms with E-state index in [0.717, 1.165) is 18.0 Å². The lowest BCUT2D eigenvalue weighted by molar-refractivity contribution is 0.552. The van der Waals surface area contributed by atoms with Crippen LogP contribution < -0.4 is 5.32 Å². The largest absolute Gasteiger partial charge is 0.309 e. The monoisotopic (exact) mass is 266 g/mol. The van der Waals surface area contributed by atoms with Gasteiger partial charge in [-0.1, -0.05) is 0 Å². The molecule has 0 bridgehead atoms. The molecule has 2 heterocycles. The van der Waals surface area contributed by atoms with Gasteiger partial charge in [-0.25, -0.2) is 4.98 Å². The van der Waals surface area contributed by atoms with Gasteiger partial charge in [0.25, 0.3) is 0 Å². The van der Waals surface area contributed by atoms with Crippen LogP contribution in [0, 0.1) is 13.8 Å². The summed E-state index contributed by atoms with van der Waals surface area (Å²) in [6, 6.07) is 4.93. The van der Waals surface area contributed by atoms with Crippen LogP contribution >= 0.6 is 22.7 Å². The van der Waals surface area contributed by atoms with Gasteiger partial charge in [0.05, 0.1) is 5.01 Å². The second kappa shape index (κ2) is 5.76. The summed E-state index contributed by atoms with van der Waals surface area (Å²) in [5, 5.41) is 4.69. The van der Waals surface area contributed by atoms with E-state index in [9.17, 15) is 0 Å². The average Bonchev–Trinajstić information content (AvgIpc) is 2.85. The van der Waals surface area contributed by atoms with Gasteiger partial charge in [-0.3, -0.25) is 0 Å². The van der Waals surface area contributed by atoms with Gasteiger partial charge in [0.15, 0.2) is 0 Å². The first-order chi connectivity index (χ1) is 8.13. The van der Waals surface area contributed by atoms with Crippen molar-refractivity contribution in [1.82, 2.24) is 10.3 Å². The molecule has 2 aromatic rings. The summed E-state index contributed by atoms with van der Waals surface area (Å²) in [7, 11) is 0. The lowest BCUT2D eigenvalue weighted by Gasteiger charge is -2.11. The zero-order valence-electron chi connectivity index (χ0n) is 10.5. The standard InChI is InChI=1S/C13H18N2S2/c1-9(6-12-5-4-10(2)16-12)14-7-13-8-15-11(3)17-13/h4-5,8-9,14H,6-7H2,1-3H3. The summed E-state index contributed by atoms with van der Waals surface area (Å²) in [5.41, 5.74) is 0. The molecule has 1 atom stereocenters.